The van der Waals surface area contributed by atoms with Crippen molar-refractivity contribution in [2.75, 3.05) is 6.61 Å². The summed E-state index contributed by atoms with van der Waals surface area (Å²) in [4.78, 5) is 12.2. The van der Waals surface area contributed by atoms with Gasteiger partial charge in [0.1, 0.15) is 0 Å². The Morgan fingerprint density at radius 1 is 1.27 bits per heavy atom. The number of esters is 1. The minimum atomic E-state index is -4.70. The molecular formula is C16H13F3N4O2S. The van der Waals surface area contributed by atoms with Crippen LogP contribution in [-0.2, 0) is 15.7 Å². The molecular weight excluding hydrogens is 369 g/mol. The van der Waals surface area contributed by atoms with Gasteiger partial charge >= 0.3 is 12.1 Å². The highest BCUT2D eigenvalue weighted by molar-refractivity contribution is 7.18. The summed E-state index contributed by atoms with van der Waals surface area (Å²) in [5.41, 5.74) is 1.79. The Hall–Kier alpha value is -2.75. The number of fused-ring (bicyclic) bond motifs is 1. The number of aromatic nitrogens is 4. The monoisotopic (exact) mass is 382 g/mol. The zero-order valence-corrected chi connectivity index (χ0v) is 14.6. The van der Waals surface area contributed by atoms with Crippen LogP contribution in [0.2, 0.25) is 0 Å². The molecule has 0 bridgehead atoms. The van der Waals surface area contributed by atoms with E-state index in [1.165, 1.54) is 6.08 Å². The molecule has 2 aromatic heterocycles. The zero-order valence-electron chi connectivity index (χ0n) is 13.7. The van der Waals surface area contributed by atoms with Crippen molar-refractivity contribution in [3.05, 3.63) is 46.2 Å². The van der Waals surface area contributed by atoms with E-state index in [4.69, 9.17) is 4.74 Å². The van der Waals surface area contributed by atoms with E-state index >= 15 is 0 Å². The standard InChI is InChI=1S/C16H13F3N4O2S/c1-3-25-13(24)11(8-10-6-4-9(2)5-7-10)12-22-23-14(16(17,18)19)20-21-15(23)26-12/h4-8H,3H2,1-2H3. The van der Waals surface area contributed by atoms with E-state index in [2.05, 4.69) is 15.3 Å². The van der Waals surface area contributed by atoms with Crippen LogP contribution in [0.25, 0.3) is 16.6 Å². The molecule has 0 unspecified atom stereocenters. The molecule has 6 nitrogen and oxygen atoms in total. The first-order chi connectivity index (χ1) is 12.3. The van der Waals surface area contributed by atoms with Crippen molar-refractivity contribution in [3.63, 3.8) is 0 Å². The third-order valence-corrected chi connectivity index (χ3v) is 4.29. The molecule has 3 rings (SSSR count). The van der Waals surface area contributed by atoms with Crippen molar-refractivity contribution in [1.29, 1.82) is 0 Å². The maximum Gasteiger partial charge on any atom is 0.453 e. The van der Waals surface area contributed by atoms with Crippen LogP contribution in [-0.4, -0.2) is 32.4 Å². The Kier molecular flexibility index (Phi) is 4.77. The number of carbonyl (C=O) groups excluding carboxylic acids is 1. The fourth-order valence-electron chi connectivity index (χ4n) is 2.15. The van der Waals surface area contributed by atoms with Crippen molar-refractivity contribution in [2.45, 2.75) is 20.0 Å². The molecule has 0 fully saturated rings. The fourth-order valence-corrected chi connectivity index (χ4v) is 2.99. The summed E-state index contributed by atoms with van der Waals surface area (Å²) in [7, 11) is 0. The number of ether oxygens (including phenoxy) is 1. The summed E-state index contributed by atoms with van der Waals surface area (Å²) >= 11 is 0.828. The second-order valence-electron chi connectivity index (χ2n) is 5.31. The lowest BCUT2D eigenvalue weighted by atomic mass is 10.1. The third kappa shape index (κ3) is 3.59. The zero-order chi connectivity index (χ0) is 18.9. The Balaban J connectivity index is 2.10. The molecule has 0 saturated carbocycles. The Bertz CT molecular complexity index is 974. The molecule has 3 aromatic rings. The van der Waals surface area contributed by atoms with E-state index in [0.717, 1.165) is 16.9 Å². The largest absolute Gasteiger partial charge is 0.462 e. The minimum Gasteiger partial charge on any atom is -0.462 e. The number of hydrogen-bond acceptors (Lipinski definition) is 6. The number of carbonyl (C=O) groups is 1. The number of hydrogen-bond donors (Lipinski definition) is 0. The second-order valence-corrected chi connectivity index (χ2v) is 6.27. The lowest BCUT2D eigenvalue weighted by molar-refractivity contribution is -0.146. The Labute approximate surface area is 149 Å². The Morgan fingerprint density at radius 3 is 2.58 bits per heavy atom. The number of nitrogens with zero attached hydrogens (tertiary/aromatic N) is 4. The molecule has 0 aliphatic carbocycles. The van der Waals surface area contributed by atoms with Gasteiger partial charge in [-0.2, -0.15) is 22.8 Å². The van der Waals surface area contributed by atoms with E-state index in [1.807, 2.05) is 19.1 Å². The van der Waals surface area contributed by atoms with Gasteiger partial charge in [0.05, 0.1) is 12.2 Å². The van der Waals surface area contributed by atoms with E-state index in [-0.39, 0.29) is 22.1 Å². The Morgan fingerprint density at radius 2 is 1.96 bits per heavy atom. The third-order valence-electron chi connectivity index (χ3n) is 3.36. The average molecular weight is 382 g/mol. The normalized spacial score (nSPS) is 12.6. The lowest BCUT2D eigenvalue weighted by Crippen LogP contribution is -2.12. The van der Waals surface area contributed by atoms with Gasteiger partial charge in [-0.15, -0.1) is 10.2 Å². The van der Waals surface area contributed by atoms with Crippen molar-refractivity contribution < 1.29 is 22.7 Å². The van der Waals surface area contributed by atoms with E-state index in [0.29, 0.717) is 10.1 Å². The van der Waals surface area contributed by atoms with Gasteiger partial charge in [0.25, 0.3) is 5.82 Å². The first-order valence-electron chi connectivity index (χ1n) is 7.55. The van der Waals surface area contributed by atoms with Crippen LogP contribution in [0.1, 0.15) is 28.9 Å². The number of benzene rings is 1. The van der Waals surface area contributed by atoms with Crippen LogP contribution in [0.3, 0.4) is 0 Å². The van der Waals surface area contributed by atoms with Crippen molar-refractivity contribution in [3.8, 4) is 0 Å². The van der Waals surface area contributed by atoms with E-state index < -0.39 is 18.0 Å². The molecule has 0 atom stereocenters. The summed E-state index contributed by atoms with van der Waals surface area (Å²) in [6, 6.07) is 7.29. The van der Waals surface area contributed by atoms with Crippen molar-refractivity contribution >= 4 is 33.9 Å². The quantitative estimate of drug-likeness (QED) is 0.509. The molecule has 10 heteroatoms. The topological polar surface area (TPSA) is 69.4 Å². The number of halogens is 3. The van der Waals surface area contributed by atoms with Gasteiger partial charge in [-0.25, -0.2) is 4.79 Å². The summed E-state index contributed by atoms with van der Waals surface area (Å²) < 4.78 is 44.5. The van der Waals surface area contributed by atoms with Crippen molar-refractivity contribution in [2.24, 2.45) is 0 Å². The first kappa shape index (κ1) is 18.1. The first-order valence-corrected chi connectivity index (χ1v) is 8.36. The van der Waals surface area contributed by atoms with Gasteiger partial charge in [0, 0.05) is 0 Å². The highest BCUT2D eigenvalue weighted by Gasteiger charge is 2.38. The van der Waals surface area contributed by atoms with Crippen molar-refractivity contribution in [1.82, 2.24) is 19.8 Å². The molecule has 0 aliphatic rings. The molecule has 2 heterocycles. The highest BCUT2D eigenvalue weighted by Crippen LogP contribution is 2.31. The van der Waals surface area contributed by atoms with Gasteiger partial charge in [-0.1, -0.05) is 41.2 Å². The summed E-state index contributed by atoms with van der Waals surface area (Å²) in [6.07, 6.45) is -3.17. The molecule has 136 valence electrons. The van der Waals surface area contributed by atoms with Gasteiger partial charge in [-0.05, 0) is 25.5 Å². The van der Waals surface area contributed by atoms with Gasteiger partial charge in [-0.3, -0.25) is 0 Å². The maximum absolute atomic E-state index is 13.0. The average Bonchev–Trinajstić information content (AvgIpc) is 3.13. The predicted molar refractivity (Wildman–Crippen MR) is 89.3 cm³/mol. The highest BCUT2D eigenvalue weighted by atomic mass is 32.1. The molecule has 1 aromatic carbocycles. The van der Waals surface area contributed by atoms with Crippen LogP contribution >= 0.6 is 11.3 Å². The van der Waals surface area contributed by atoms with E-state index in [1.54, 1.807) is 19.1 Å². The molecule has 0 spiro atoms. The number of aryl methyl sites for hydroxylation is 1. The number of rotatable bonds is 4. The molecule has 26 heavy (non-hydrogen) atoms. The second kappa shape index (κ2) is 6.87. The van der Waals surface area contributed by atoms with Crippen LogP contribution in [0.5, 0.6) is 0 Å². The molecule has 0 amide bonds. The molecule has 0 saturated heterocycles. The smallest absolute Gasteiger partial charge is 0.453 e. The summed E-state index contributed by atoms with van der Waals surface area (Å²) in [6.45, 7) is 3.69. The van der Waals surface area contributed by atoms with Crippen LogP contribution in [0.15, 0.2) is 24.3 Å². The van der Waals surface area contributed by atoms with Gasteiger partial charge in [0.2, 0.25) is 4.96 Å². The van der Waals surface area contributed by atoms with E-state index in [9.17, 15) is 18.0 Å². The summed E-state index contributed by atoms with van der Waals surface area (Å²) in [5.74, 6) is -1.92. The van der Waals surface area contributed by atoms with Gasteiger partial charge in [0.15, 0.2) is 5.01 Å². The fraction of sp³-hybridized carbons (Fsp3) is 0.250. The SMILES string of the molecule is CCOC(=O)C(=Cc1ccc(C)cc1)c1nn2c(C(F)(F)F)nnc2s1. The minimum absolute atomic E-state index is 0.0549. The maximum atomic E-state index is 13.0. The molecule has 0 radical (unpaired) electrons. The van der Waals surface area contributed by atoms with Crippen LogP contribution in [0, 0.1) is 6.92 Å². The van der Waals surface area contributed by atoms with Crippen LogP contribution in [0.4, 0.5) is 13.2 Å². The number of alkyl halides is 3. The lowest BCUT2D eigenvalue weighted by Gasteiger charge is -2.05. The van der Waals surface area contributed by atoms with Crippen LogP contribution < -0.4 is 0 Å². The molecule has 0 aliphatic heterocycles. The van der Waals surface area contributed by atoms with Gasteiger partial charge < -0.3 is 4.74 Å². The summed E-state index contributed by atoms with van der Waals surface area (Å²) in [5, 5.41) is 10.5. The molecule has 0 N–H and O–H groups in total. The predicted octanol–water partition coefficient (Wildman–Crippen LogP) is 3.62.